The number of hydrogen-bond acceptors (Lipinski definition) is 2. The number of carbonyl (C=O) groups excluding carboxylic acids is 1. The number of carbonyl (C=O) groups is 2. The lowest BCUT2D eigenvalue weighted by Gasteiger charge is -2.26. The van der Waals surface area contributed by atoms with Crippen molar-refractivity contribution in [1.82, 2.24) is 10.6 Å². The summed E-state index contributed by atoms with van der Waals surface area (Å²) in [5.74, 6) is -0.984. The molecule has 0 bridgehead atoms. The third-order valence-electron chi connectivity index (χ3n) is 3.78. The summed E-state index contributed by atoms with van der Waals surface area (Å²) in [6.07, 6.45) is 2.71. The van der Waals surface area contributed by atoms with E-state index in [2.05, 4.69) is 26.6 Å². The van der Waals surface area contributed by atoms with Gasteiger partial charge in [-0.05, 0) is 43.4 Å². The molecule has 3 N–H and O–H groups in total. The van der Waals surface area contributed by atoms with E-state index in [0.717, 1.165) is 22.9 Å². The van der Waals surface area contributed by atoms with Gasteiger partial charge >= 0.3 is 12.0 Å². The van der Waals surface area contributed by atoms with Crippen LogP contribution in [0.1, 0.15) is 31.2 Å². The van der Waals surface area contributed by atoms with E-state index in [-0.39, 0.29) is 18.0 Å². The van der Waals surface area contributed by atoms with Crippen LogP contribution in [0.15, 0.2) is 28.7 Å². The molecule has 0 spiro atoms. The second-order valence-electron chi connectivity index (χ2n) is 5.34. The Kier molecular flexibility index (Phi) is 5.61. The molecular weight excluding hydrogens is 336 g/mol. The van der Waals surface area contributed by atoms with Gasteiger partial charge in [-0.3, -0.25) is 4.79 Å². The van der Waals surface area contributed by atoms with Gasteiger partial charge in [0, 0.05) is 17.1 Å². The largest absolute Gasteiger partial charge is 0.481 e. The van der Waals surface area contributed by atoms with Crippen LogP contribution >= 0.6 is 15.9 Å². The minimum Gasteiger partial charge on any atom is -0.481 e. The number of carboxylic acid groups (broad SMARTS) is 1. The summed E-state index contributed by atoms with van der Waals surface area (Å²) < 4.78 is 1.01. The highest BCUT2D eigenvalue weighted by atomic mass is 79.9. The molecule has 1 aliphatic carbocycles. The number of halogens is 1. The van der Waals surface area contributed by atoms with Gasteiger partial charge in [0.2, 0.25) is 0 Å². The number of rotatable bonds is 4. The minimum absolute atomic E-state index is 0.0746. The monoisotopic (exact) mass is 354 g/mol. The zero-order valence-corrected chi connectivity index (χ0v) is 13.2. The molecule has 0 atom stereocenters. The normalized spacial score (nSPS) is 21.6. The topological polar surface area (TPSA) is 78.4 Å². The molecule has 1 aromatic rings. The van der Waals surface area contributed by atoms with Gasteiger partial charge in [0.05, 0.1) is 5.92 Å². The summed E-state index contributed by atoms with van der Waals surface area (Å²) in [4.78, 5) is 22.7. The molecule has 2 rings (SSSR count). The average Bonchev–Trinajstić information content (AvgIpc) is 2.47. The lowest BCUT2D eigenvalue weighted by atomic mass is 9.86. The van der Waals surface area contributed by atoms with Crippen molar-refractivity contribution in [2.75, 3.05) is 0 Å². The van der Waals surface area contributed by atoms with Crippen LogP contribution < -0.4 is 10.6 Å². The lowest BCUT2D eigenvalue weighted by Crippen LogP contribution is -2.43. The Labute approximate surface area is 132 Å². The average molecular weight is 355 g/mol. The minimum atomic E-state index is -0.729. The molecule has 0 radical (unpaired) electrons. The second-order valence-corrected chi connectivity index (χ2v) is 6.26. The first-order chi connectivity index (χ1) is 10.0. The molecule has 1 aliphatic rings. The van der Waals surface area contributed by atoms with Gasteiger partial charge in [-0.15, -0.1) is 0 Å². The van der Waals surface area contributed by atoms with Crippen LogP contribution in [0.3, 0.4) is 0 Å². The predicted octanol–water partition coefficient (Wildman–Crippen LogP) is 2.89. The molecule has 0 unspecified atom stereocenters. The fourth-order valence-corrected chi connectivity index (χ4v) is 2.77. The number of aliphatic carboxylic acids is 1. The molecule has 21 heavy (non-hydrogen) atoms. The van der Waals surface area contributed by atoms with E-state index >= 15 is 0 Å². The first kappa shape index (κ1) is 15.8. The third-order valence-corrected chi connectivity index (χ3v) is 4.31. The number of carboxylic acids is 1. The second kappa shape index (κ2) is 7.45. The molecule has 6 heteroatoms. The summed E-state index contributed by atoms with van der Waals surface area (Å²) in [5.41, 5.74) is 1.03. The molecular formula is C15H19BrN2O3. The van der Waals surface area contributed by atoms with Crippen LogP contribution in [-0.4, -0.2) is 23.1 Å². The Morgan fingerprint density at radius 2 is 1.76 bits per heavy atom. The molecule has 1 aromatic carbocycles. The molecule has 2 amide bonds. The summed E-state index contributed by atoms with van der Waals surface area (Å²) in [7, 11) is 0. The van der Waals surface area contributed by atoms with Crippen molar-refractivity contribution in [3.63, 3.8) is 0 Å². The molecule has 1 saturated carbocycles. The number of urea groups is 1. The maximum Gasteiger partial charge on any atom is 0.315 e. The van der Waals surface area contributed by atoms with Crippen LogP contribution in [0.25, 0.3) is 0 Å². The fourth-order valence-electron chi connectivity index (χ4n) is 2.51. The Bertz CT molecular complexity index is 496. The number of amides is 2. The summed E-state index contributed by atoms with van der Waals surface area (Å²) >= 11 is 3.36. The number of benzene rings is 1. The van der Waals surface area contributed by atoms with Crippen molar-refractivity contribution in [2.24, 2.45) is 5.92 Å². The van der Waals surface area contributed by atoms with Crippen LogP contribution in [0, 0.1) is 5.92 Å². The van der Waals surface area contributed by atoms with E-state index in [1.54, 1.807) is 0 Å². The van der Waals surface area contributed by atoms with Crippen LogP contribution in [0.5, 0.6) is 0 Å². The highest BCUT2D eigenvalue weighted by Crippen LogP contribution is 2.24. The quantitative estimate of drug-likeness (QED) is 0.777. The van der Waals surface area contributed by atoms with Crippen LogP contribution in [0.4, 0.5) is 4.79 Å². The number of hydrogen-bond donors (Lipinski definition) is 3. The van der Waals surface area contributed by atoms with Gasteiger partial charge in [-0.1, -0.05) is 28.1 Å². The molecule has 0 aromatic heterocycles. The SMILES string of the molecule is O=C(NCc1ccc(Br)cc1)NC1CCC(C(=O)O)CC1. The zero-order valence-electron chi connectivity index (χ0n) is 11.6. The molecule has 0 aliphatic heterocycles. The van der Waals surface area contributed by atoms with Crippen molar-refractivity contribution in [2.45, 2.75) is 38.3 Å². The van der Waals surface area contributed by atoms with Crippen molar-refractivity contribution in [1.29, 1.82) is 0 Å². The van der Waals surface area contributed by atoms with Crippen molar-refractivity contribution < 1.29 is 14.7 Å². The highest BCUT2D eigenvalue weighted by molar-refractivity contribution is 9.10. The number of nitrogens with one attached hydrogen (secondary N) is 2. The van der Waals surface area contributed by atoms with E-state index in [1.165, 1.54) is 0 Å². The zero-order chi connectivity index (χ0) is 15.2. The first-order valence-electron chi connectivity index (χ1n) is 7.06. The fraction of sp³-hybridized carbons (Fsp3) is 0.467. The van der Waals surface area contributed by atoms with E-state index < -0.39 is 5.97 Å². The molecule has 0 saturated heterocycles. The third kappa shape index (κ3) is 5.04. The maximum absolute atomic E-state index is 11.8. The Balaban J connectivity index is 1.70. The van der Waals surface area contributed by atoms with Crippen molar-refractivity contribution >= 4 is 27.9 Å². The maximum atomic E-state index is 11.8. The van der Waals surface area contributed by atoms with Gasteiger partial charge in [-0.25, -0.2) is 4.79 Å². The molecule has 5 nitrogen and oxygen atoms in total. The van der Waals surface area contributed by atoms with Gasteiger partial charge in [-0.2, -0.15) is 0 Å². The molecule has 1 fully saturated rings. The smallest absolute Gasteiger partial charge is 0.315 e. The Morgan fingerprint density at radius 3 is 2.33 bits per heavy atom. The van der Waals surface area contributed by atoms with E-state index in [0.29, 0.717) is 19.4 Å². The van der Waals surface area contributed by atoms with Crippen molar-refractivity contribution in [3.8, 4) is 0 Å². The van der Waals surface area contributed by atoms with Crippen LogP contribution in [-0.2, 0) is 11.3 Å². The van der Waals surface area contributed by atoms with E-state index in [1.807, 2.05) is 24.3 Å². The van der Waals surface area contributed by atoms with Gasteiger partial charge in [0.25, 0.3) is 0 Å². The summed E-state index contributed by atoms with van der Waals surface area (Å²) in [6.45, 7) is 0.476. The Hall–Kier alpha value is -1.56. The summed E-state index contributed by atoms with van der Waals surface area (Å²) in [6, 6.07) is 7.64. The molecule has 114 valence electrons. The standard InChI is InChI=1S/C15H19BrN2O3/c16-12-5-1-10(2-6-12)9-17-15(21)18-13-7-3-11(4-8-13)14(19)20/h1-2,5-6,11,13H,3-4,7-9H2,(H,19,20)(H2,17,18,21). The Morgan fingerprint density at radius 1 is 1.14 bits per heavy atom. The van der Waals surface area contributed by atoms with Gasteiger partial charge < -0.3 is 15.7 Å². The molecule has 0 heterocycles. The van der Waals surface area contributed by atoms with E-state index in [9.17, 15) is 9.59 Å². The van der Waals surface area contributed by atoms with Crippen LogP contribution in [0.2, 0.25) is 0 Å². The van der Waals surface area contributed by atoms with Gasteiger partial charge in [0.1, 0.15) is 0 Å². The first-order valence-corrected chi connectivity index (χ1v) is 7.85. The summed E-state index contributed by atoms with van der Waals surface area (Å²) in [5, 5.41) is 14.7. The van der Waals surface area contributed by atoms with Crippen molar-refractivity contribution in [3.05, 3.63) is 34.3 Å². The van der Waals surface area contributed by atoms with Gasteiger partial charge in [0.15, 0.2) is 0 Å². The highest BCUT2D eigenvalue weighted by Gasteiger charge is 2.26. The predicted molar refractivity (Wildman–Crippen MR) is 82.9 cm³/mol. The van der Waals surface area contributed by atoms with E-state index in [4.69, 9.17) is 5.11 Å². The lowest BCUT2D eigenvalue weighted by molar-refractivity contribution is -0.142.